The van der Waals surface area contributed by atoms with Crippen molar-refractivity contribution in [3.05, 3.63) is 59.4 Å². The van der Waals surface area contributed by atoms with Crippen molar-refractivity contribution in [3.63, 3.8) is 0 Å². The van der Waals surface area contributed by atoms with Crippen molar-refractivity contribution in [3.8, 4) is 11.5 Å². The van der Waals surface area contributed by atoms with Crippen LogP contribution in [0.5, 0.6) is 11.5 Å². The maximum Gasteiger partial charge on any atom is 0.315 e. The zero-order valence-corrected chi connectivity index (χ0v) is 13.5. The van der Waals surface area contributed by atoms with Crippen molar-refractivity contribution in [1.29, 1.82) is 0 Å². The Morgan fingerprint density at radius 1 is 1.12 bits per heavy atom. The molecule has 7 heteroatoms. The van der Waals surface area contributed by atoms with E-state index in [0.29, 0.717) is 36.8 Å². The summed E-state index contributed by atoms with van der Waals surface area (Å²) >= 11 is 0. The van der Waals surface area contributed by atoms with Gasteiger partial charge in [-0.3, -0.25) is 0 Å². The molecule has 0 unspecified atom stereocenters. The van der Waals surface area contributed by atoms with Gasteiger partial charge in [0.05, 0.1) is 6.10 Å². The second-order valence-corrected chi connectivity index (χ2v) is 5.61. The van der Waals surface area contributed by atoms with Gasteiger partial charge >= 0.3 is 6.03 Å². The summed E-state index contributed by atoms with van der Waals surface area (Å²) in [7, 11) is 0. The second kappa shape index (κ2) is 7.85. The van der Waals surface area contributed by atoms with E-state index < -0.39 is 18.0 Å². The van der Waals surface area contributed by atoms with E-state index in [2.05, 4.69) is 10.6 Å². The molecule has 1 aliphatic rings. The van der Waals surface area contributed by atoms with Crippen LogP contribution in [0.4, 0.5) is 9.18 Å². The average molecular weight is 346 g/mol. The number of benzene rings is 2. The molecule has 0 saturated heterocycles. The molecule has 3 N–H and O–H groups in total. The maximum atomic E-state index is 13.1. The highest BCUT2D eigenvalue weighted by Crippen LogP contribution is 2.30. The van der Waals surface area contributed by atoms with E-state index in [9.17, 15) is 14.3 Å². The third kappa shape index (κ3) is 4.60. The van der Waals surface area contributed by atoms with Crippen LogP contribution >= 0.6 is 0 Å². The van der Waals surface area contributed by atoms with E-state index in [-0.39, 0.29) is 6.54 Å². The van der Waals surface area contributed by atoms with Gasteiger partial charge < -0.3 is 25.2 Å². The first-order chi connectivity index (χ1) is 12.1. The Bertz CT molecular complexity index is 754. The van der Waals surface area contributed by atoms with Crippen molar-refractivity contribution >= 4 is 6.03 Å². The van der Waals surface area contributed by atoms with Crippen LogP contribution in [-0.4, -0.2) is 30.9 Å². The first-order valence-electron chi connectivity index (χ1n) is 7.95. The third-order valence-corrected chi connectivity index (χ3v) is 3.75. The number of rotatable bonds is 5. The number of hydrogen-bond acceptors (Lipinski definition) is 4. The van der Waals surface area contributed by atoms with E-state index >= 15 is 0 Å². The fourth-order valence-electron chi connectivity index (χ4n) is 2.46. The number of aliphatic hydroxyl groups is 1. The molecule has 2 aromatic carbocycles. The molecule has 0 radical (unpaired) electrons. The largest absolute Gasteiger partial charge is 0.486 e. The van der Waals surface area contributed by atoms with Crippen LogP contribution in [0.25, 0.3) is 0 Å². The molecular weight excluding hydrogens is 327 g/mol. The Kier molecular flexibility index (Phi) is 5.35. The summed E-state index contributed by atoms with van der Waals surface area (Å²) in [5, 5.41) is 15.2. The van der Waals surface area contributed by atoms with E-state index in [4.69, 9.17) is 9.47 Å². The molecular formula is C18H19FN2O4. The normalized spacial score (nSPS) is 13.8. The van der Waals surface area contributed by atoms with Gasteiger partial charge in [0.2, 0.25) is 0 Å². The zero-order chi connectivity index (χ0) is 17.6. The Morgan fingerprint density at radius 2 is 1.92 bits per heavy atom. The van der Waals surface area contributed by atoms with Crippen LogP contribution in [0.3, 0.4) is 0 Å². The van der Waals surface area contributed by atoms with Gasteiger partial charge in [-0.25, -0.2) is 9.18 Å². The molecule has 0 aliphatic carbocycles. The van der Waals surface area contributed by atoms with Gasteiger partial charge in [-0.2, -0.15) is 0 Å². The molecule has 2 amide bonds. The van der Waals surface area contributed by atoms with Crippen molar-refractivity contribution in [2.75, 3.05) is 19.8 Å². The molecule has 0 bridgehead atoms. The topological polar surface area (TPSA) is 79.8 Å². The van der Waals surface area contributed by atoms with E-state index in [1.54, 1.807) is 12.1 Å². The number of urea groups is 1. The van der Waals surface area contributed by atoms with Gasteiger partial charge in [-0.1, -0.05) is 18.2 Å². The van der Waals surface area contributed by atoms with Crippen molar-refractivity contribution in [2.24, 2.45) is 0 Å². The lowest BCUT2D eigenvalue weighted by atomic mass is 10.1. The summed E-state index contributed by atoms with van der Waals surface area (Å²) in [6.07, 6.45) is -0.976. The highest BCUT2D eigenvalue weighted by molar-refractivity contribution is 5.73. The van der Waals surface area contributed by atoms with Gasteiger partial charge in [0.15, 0.2) is 11.5 Å². The monoisotopic (exact) mass is 346 g/mol. The number of fused-ring (bicyclic) bond motifs is 1. The minimum atomic E-state index is -0.976. The van der Waals surface area contributed by atoms with Gasteiger partial charge in [0.1, 0.15) is 19.0 Å². The highest BCUT2D eigenvalue weighted by atomic mass is 19.1. The predicted molar refractivity (Wildman–Crippen MR) is 89.0 cm³/mol. The minimum Gasteiger partial charge on any atom is -0.486 e. The predicted octanol–water partition coefficient (Wildman–Crippen LogP) is 2.13. The number of ether oxygens (including phenoxy) is 2. The van der Waals surface area contributed by atoms with Crippen LogP contribution in [0.1, 0.15) is 17.2 Å². The van der Waals surface area contributed by atoms with Crippen LogP contribution in [0.15, 0.2) is 42.5 Å². The quantitative estimate of drug-likeness (QED) is 0.775. The smallest absolute Gasteiger partial charge is 0.315 e. The van der Waals surface area contributed by atoms with Crippen molar-refractivity contribution < 1.29 is 23.8 Å². The SMILES string of the molecule is O=C(NCc1ccc2c(c1)OCCO2)NC[C@H](O)c1cccc(F)c1. The van der Waals surface area contributed by atoms with Gasteiger partial charge in [-0.05, 0) is 35.4 Å². The molecule has 0 spiro atoms. The number of hydrogen-bond donors (Lipinski definition) is 3. The number of nitrogens with one attached hydrogen (secondary N) is 2. The molecule has 0 fully saturated rings. The van der Waals surface area contributed by atoms with E-state index in [1.807, 2.05) is 12.1 Å². The fourth-order valence-corrected chi connectivity index (χ4v) is 2.46. The average Bonchev–Trinajstić information content (AvgIpc) is 2.64. The number of carbonyl (C=O) groups is 1. The van der Waals surface area contributed by atoms with Crippen molar-refractivity contribution in [2.45, 2.75) is 12.6 Å². The lowest BCUT2D eigenvalue weighted by Gasteiger charge is -2.19. The Balaban J connectivity index is 1.46. The number of carbonyl (C=O) groups excluding carboxylic acids is 1. The first kappa shape index (κ1) is 17.0. The van der Waals surface area contributed by atoms with Gasteiger partial charge in [0.25, 0.3) is 0 Å². The Labute approximate surface area is 144 Å². The molecule has 0 saturated carbocycles. The number of halogens is 1. The van der Waals surface area contributed by atoms with Crippen molar-refractivity contribution in [1.82, 2.24) is 10.6 Å². The molecule has 132 valence electrons. The molecule has 0 aromatic heterocycles. The second-order valence-electron chi connectivity index (χ2n) is 5.61. The maximum absolute atomic E-state index is 13.1. The van der Waals surface area contributed by atoms with E-state index in [1.165, 1.54) is 18.2 Å². The Morgan fingerprint density at radius 3 is 2.72 bits per heavy atom. The van der Waals surface area contributed by atoms with Gasteiger partial charge in [0, 0.05) is 13.1 Å². The lowest BCUT2D eigenvalue weighted by molar-refractivity contribution is 0.171. The van der Waals surface area contributed by atoms with Crippen LogP contribution < -0.4 is 20.1 Å². The standard InChI is InChI=1S/C18H19FN2O4/c19-14-3-1-2-13(9-14)15(22)11-21-18(23)20-10-12-4-5-16-17(8-12)25-7-6-24-16/h1-5,8-9,15,22H,6-7,10-11H2,(H2,20,21,23)/t15-/m0/s1. The summed E-state index contributed by atoms with van der Waals surface area (Å²) in [6, 6.07) is 10.7. The summed E-state index contributed by atoms with van der Waals surface area (Å²) in [5.41, 5.74) is 1.28. The summed E-state index contributed by atoms with van der Waals surface area (Å²) < 4.78 is 24.1. The molecule has 1 atom stereocenters. The third-order valence-electron chi connectivity index (χ3n) is 3.75. The van der Waals surface area contributed by atoms with E-state index in [0.717, 1.165) is 5.56 Å². The number of amides is 2. The number of aliphatic hydroxyl groups excluding tert-OH is 1. The summed E-state index contributed by atoms with van der Waals surface area (Å²) in [5.74, 6) is 0.921. The Hall–Kier alpha value is -2.80. The zero-order valence-electron chi connectivity index (χ0n) is 13.5. The molecule has 1 aliphatic heterocycles. The molecule has 2 aromatic rings. The van der Waals surface area contributed by atoms with Crippen LogP contribution in [-0.2, 0) is 6.54 Å². The molecule has 6 nitrogen and oxygen atoms in total. The van der Waals surface area contributed by atoms with Crippen LogP contribution in [0.2, 0.25) is 0 Å². The highest BCUT2D eigenvalue weighted by Gasteiger charge is 2.13. The fraction of sp³-hybridized carbons (Fsp3) is 0.278. The summed E-state index contributed by atoms with van der Waals surface area (Å²) in [4.78, 5) is 11.8. The molecule has 25 heavy (non-hydrogen) atoms. The minimum absolute atomic E-state index is 0.0174. The molecule has 1 heterocycles. The van der Waals surface area contributed by atoms with Gasteiger partial charge in [-0.15, -0.1) is 0 Å². The van der Waals surface area contributed by atoms with Crippen LogP contribution in [0, 0.1) is 5.82 Å². The summed E-state index contributed by atoms with van der Waals surface area (Å²) in [6.45, 7) is 1.32. The lowest BCUT2D eigenvalue weighted by Crippen LogP contribution is -2.37. The molecule has 3 rings (SSSR count). The first-order valence-corrected chi connectivity index (χ1v) is 7.95.